The Bertz CT molecular complexity index is 872. The van der Waals surface area contributed by atoms with Gasteiger partial charge in [0.15, 0.2) is 11.6 Å². The average Bonchev–Trinajstić information content (AvgIpc) is 2.86. The summed E-state index contributed by atoms with van der Waals surface area (Å²) in [6.45, 7) is 0. The molecule has 3 nitrogen and oxygen atoms in total. The highest BCUT2D eigenvalue weighted by Crippen LogP contribution is 2.39. The van der Waals surface area contributed by atoms with E-state index in [2.05, 4.69) is 15.0 Å². The van der Waals surface area contributed by atoms with E-state index in [0.717, 1.165) is 18.3 Å². The number of halogens is 6. The van der Waals surface area contributed by atoms with Gasteiger partial charge in [-0.25, -0.2) is 18.7 Å². The molecule has 0 fully saturated rings. The monoisotopic (exact) mass is 333 g/mol. The van der Waals surface area contributed by atoms with Crippen LogP contribution < -0.4 is 0 Å². The second-order valence-electron chi connectivity index (χ2n) is 4.39. The third-order valence-corrected chi connectivity index (χ3v) is 3.25. The van der Waals surface area contributed by atoms with Gasteiger partial charge in [-0.3, -0.25) is 0 Å². The number of fused-ring (bicyclic) bond motifs is 1. The van der Waals surface area contributed by atoms with Crippen molar-refractivity contribution >= 4 is 22.5 Å². The number of nitrogens with zero attached hydrogens (tertiary/aromatic N) is 2. The van der Waals surface area contributed by atoms with Crippen LogP contribution in [0, 0.1) is 11.6 Å². The zero-order valence-electron chi connectivity index (χ0n) is 10.5. The fraction of sp³-hybridized carbons (Fsp3) is 0.0769. The minimum atomic E-state index is -4.72. The molecule has 3 aromatic rings. The summed E-state index contributed by atoms with van der Waals surface area (Å²) in [6.07, 6.45) is -3.06. The molecule has 9 heteroatoms. The molecule has 0 amide bonds. The number of nitrogens with one attached hydrogen (secondary N) is 1. The first kappa shape index (κ1) is 14.7. The summed E-state index contributed by atoms with van der Waals surface area (Å²) in [4.78, 5) is 9.31. The Balaban J connectivity index is 2.33. The van der Waals surface area contributed by atoms with Crippen LogP contribution in [0.1, 0.15) is 5.56 Å². The van der Waals surface area contributed by atoms with Crippen LogP contribution in [0.15, 0.2) is 24.5 Å². The molecule has 0 unspecified atom stereocenters. The molecule has 2 aromatic heterocycles. The van der Waals surface area contributed by atoms with Gasteiger partial charge in [-0.15, -0.1) is 0 Å². The van der Waals surface area contributed by atoms with E-state index in [0.29, 0.717) is 6.20 Å². The van der Waals surface area contributed by atoms with Crippen molar-refractivity contribution in [3.8, 4) is 11.3 Å². The molecule has 0 saturated carbocycles. The van der Waals surface area contributed by atoms with E-state index >= 15 is 0 Å². The molecule has 0 aliphatic carbocycles. The van der Waals surface area contributed by atoms with E-state index in [1.54, 1.807) is 0 Å². The van der Waals surface area contributed by atoms with Crippen molar-refractivity contribution in [2.45, 2.75) is 6.18 Å². The summed E-state index contributed by atoms with van der Waals surface area (Å²) >= 11 is 5.56. The van der Waals surface area contributed by atoms with Gasteiger partial charge >= 0.3 is 6.18 Å². The summed E-state index contributed by atoms with van der Waals surface area (Å²) in [5, 5.41) is -0.334. The van der Waals surface area contributed by atoms with Crippen LogP contribution in [-0.4, -0.2) is 15.0 Å². The van der Waals surface area contributed by atoms with Crippen molar-refractivity contribution in [1.82, 2.24) is 15.0 Å². The van der Waals surface area contributed by atoms with E-state index < -0.39 is 29.1 Å². The van der Waals surface area contributed by atoms with Gasteiger partial charge in [0, 0.05) is 23.3 Å². The van der Waals surface area contributed by atoms with Gasteiger partial charge < -0.3 is 4.98 Å². The quantitative estimate of drug-likeness (QED) is 0.523. The van der Waals surface area contributed by atoms with E-state index in [4.69, 9.17) is 11.6 Å². The lowest BCUT2D eigenvalue weighted by molar-refractivity contribution is -0.137. The number of alkyl halides is 3. The molecule has 0 radical (unpaired) electrons. The van der Waals surface area contributed by atoms with Crippen LogP contribution in [0.3, 0.4) is 0 Å². The molecule has 0 atom stereocenters. The maximum Gasteiger partial charge on any atom is 0.419 e. The number of rotatable bonds is 1. The molecule has 0 bridgehead atoms. The van der Waals surface area contributed by atoms with E-state index in [-0.39, 0.29) is 21.7 Å². The molecular formula is C13H5ClF5N3. The number of hydrogen-bond acceptors (Lipinski definition) is 2. The first-order valence-electron chi connectivity index (χ1n) is 5.84. The van der Waals surface area contributed by atoms with Crippen molar-refractivity contribution < 1.29 is 22.0 Å². The minimum absolute atomic E-state index is 0.0504. The second-order valence-corrected chi connectivity index (χ2v) is 4.72. The van der Waals surface area contributed by atoms with Crippen LogP contribution in [-0.2, 0) is 6.18 Å². The van der Waals surface area contributed by atoms with Gasteiger partial charge in [-0.1, -0.05) is 0 Å². The zero-order valence-corrected chi connectivity index (χ0v) is 11.2. The van der Waals surface area contributed by atoms with Gasteiger partial charge in [0.1, 0.15) is 5.56 Å². The molecule has 1 aromatic carbocycles. The van der Waals surface area contributed by atoms with Crippen LogP contribution in [0.5, 0.6) is 0 Å². The minimum Gasteiger partial charge on any atom is -0.358 e. The van der Waals surface area contributed by atoms with Crippen LogP contribution >= 0.6 is 11.6 Å². The zero-order chi connectivity index (χ0) is 16.1. The van der Waals surface area contributed by atoms with Gasteiger partial charge in [0.25, 0.3) is 0 Å². The maximum atomic E-state index is 13.7. The van der Waals surface area contributed by atoms with Crippen LogP contribution in [0.4, 0.5) is 22.0 Å². The molecule has 1 N–H and O–H groups in total. The molecule has 2 heterocycles. The standard InChI is InChI=1S/C13H5ClF5N3/c14-12-21-4-7(13(17,18)19)10(22-12)6-3-20-11-5(6)1-2-8(15)9(11)16/h1-4,20H. The largest absolute Gasteiger partial charge is 0.419 e. The van der Waals surface area contributed by atoms with Crippen molar-refractivity contribution in [1.29, 1.82) is 0 Å². The number of aromatic nitrogens is 3. The molecular weight excluding hydrogens is 329 g/mol. The topological polar surface area (TPSA) is 41.6 Å². The second kappa shape index (κ2) is 4.91. The molecule has 22 heavy (non-hydrogen) atoms. The highest BCUT2D eigenvalue weighted by Gasteiger charge is 2.36. The SMILES string of the molecule is Fc1ccc2c(-c3nc(Cl)ncc3C(F)(F)F)c[nH]c2c1F. The lowest BCUT2D eigenvalue weighted by Crippen LogP contribution is -2.09. The Kier molecular flexibility index (Phi) is 3.28. The molecule has 0 spiro atoms. The summed E-state index contributed by atoms with van der Waals surface area (Å²) in [5.74, 6) is -2.30. The predicted molar refractivity (Wildman–Crippen MR) is 69.3 cm³/mol. The number of hydrogen-bond donors (Lipinski definition) is 1. The van der Waals surface area contributed by atoms with Gasteiger partial charge in [-0.2, -0.15) is 13.2 Å². The van der Waals surface area contributed by atoms with E-state index in [1.165, 1.54) is 0 Å². The van der Waals surface area contributed by atoms with Crippen molar-refractivity contribution in [2.24, 2.45) is 0 Å². The Morgan fingerprint density at radius 1 is 1.14 bits per heavy atom. The van der Waals surface area contributed by atoms with E-state index in [1.807, 2.05) is 0 Å². The lowest BCUT2D eigenvalue weighted by Gasteiger charge is -2.11. The Labute approximate surface area is 124 Å². The summed E-state index contributed by atoms with van der Waals surface area (Å²) < 4.78 is 66.0. The van der Waals surface area contributed by atoms with Crippen LogP contribution in [0.2, 0.25) is 5.28 Å². The Morgan fingerprint density at radius 3 is 2.55 bits per heavy atom. The molecule has 0 saturated heterocycles. The summed E-state index contributed by atoms with van der Waals surface area (Å²) in [6, 6.07) is 1.99. The first-order chi connectivity index (χ1) is 10.3. The summed E-state index contributed by atoms with van der Waals surface area (Å²) in [5.41, 5.74) is -1.93. The number of benzene rings is 1. The van der Waals surface area contributed by atoms with Gasteiger partial charge in [0.05, 0.1) is 11.2 Å². The highest BCUT2D eigenvalue weighted by molar-refractivity contribution is 6.28. The predicted octanol–water partition coefficient (Wildman–Crippen LogP) is 4.58. The Hall–Kier alpha value is -2.22. The smallest absolute Gasteiger partial charge is 0.358 e. The fourth-order valence-corrected chi connectivity index (χ4v) is 2.24. The van der Waals surface area contributed by atoms with Gasteiger partial charge in [-0.05, 0) is 23.7 Å². The lowest BCUT2D eigenvalue weighted by atomic mass is 10.1. The first-order valence-corrected chi connectivity index (χ1v) is 6.22. The molecule has 114 valence electrons. The van der Waals surface area contributed by atoms with Gasteiger partial charge in [0.2, 0.25) is 5.28 Å². The third kappa shape index (κ3) is 2.29. The highest BCUT2D eigenvalue weighted by atomic mass is 35.5. The molecule has 3 rings (SSSR count). The molecule has 0 aliphatic rings. The average molecular weight is 334 g/mol. The number of aromatic amines is 1. The van der Waals surface area contributed by atoms with Crippen LogP contribution in [0.25, 0.3) is 22.2 Å². The normalized spacial score (nSPS) is 12.1. The molecule has 0 aliphatic heterocycles. The number of H-pyrrole nitrogens is 1. The van der Waals surface area contributed by atoms with Crippen molar-refractivity contribution in [3.05, 3.63) is 47.0 Å². The van der Waals surface area contributed by atoms with E-state index in [9.17, 15) is 22.0 Å². The maximum absolute atomic E-state index is 13.7. The third-order valence-electron chi connectivity index (χ3n) is 3.07. The summed E-state index contributed by atoms with van der Waals surface area (Å²) in [7, 11) is 0. The Morgan fingerprint density at radius 2 is 1.86 bits per heavy atom. The fourth-order valence-electron chi connectivity index (χ4n) is 2.11. The van der Waals surface area contributed by atoms with Crippen molar-refractivity contribution in [2.75, 3.05) is 0 Å². The van der Waals surface area contributed by atoms with Crippen molar-refractivity contribution in [3.63, 3.8) is 0 Å².